The lowest BCUT2D eigenvalue weighted by atomic mass is 10.2. The molecule has 0 aliphatic rings. The predicted octanol–water partition coefficient (Wildman–Crippen LogP) is 1.39. The van der Waals surface area contributed by atoms with Crippen molar-refractivity contribution in [2.24, 2.45) is 0 Å². The highest BCUT2D eigenvalue weighted by atomic mass is 19.1. The maximum Gasteiger partial charge on any atom is 0.307 e. The Morgan fingerprint density at radius 2 is 1.90 bits per heavy atom. The van der Waals surface area contributed by atoms with Gasteiger partial charge in [-0.1, -0.05) is 6.07 Å². The number of carbonyl (C=O) groups is 2. The first-order valence-electron chi connectivity index (χ1n) is 6.70. The van der Waals surface area contributed by atoms with E-state index < -0.39 is 5.82 Å². The molecule has 0 spiro atoms. The normalized spacial score (nSPS) is 10.5. The van der Waals surface area contributed by atoms with Gasteiger partial charge in [0.05, 0.1) is 13.5 Å². The molecule has 21 heavy (non-hydrogen) atoms. The third-order valence-electron chi connectivity index (χ3n) is 2.99. The summed E-state index contributed by atoms with van der Waals surface area (Å²) in [7, 11) is 5.09. The number of nitrogens with zero attached hydrogens (tertiary/aromatic N) is 2. The molecule has 0 fully saturated rings. The number of ether oxygens (including phenoxy) is 1. The standard InChI is InChI=1S/C15H21FN2O3/c1-17(2)9-10-18(8-7-14(19)21-3)15(20)12-5-4-6-13(16)11-12/h4-6,11H,7-10H2,1-3H3. The summed E-state index contributed by atoms with van der Waals surface area (Å²) >= 11 is 0. The topological polar surface area (TPSA) is 49.9 Å². The predicted molar refractivity (Wildman–Crippen MR) is 77.5 cm³/mol. The summed E-state index contributed by atoms with van der Waals surface area (Å²) < 4.78 is 17.8. The first kappa shape index (κ1) is 17.1. The summed E-state index contributed by atoms with van der Waals surface area (Å²) in [5, 5.41) is 0. The second kappa shape index (κ2) is 8.36. The number of halogens is 1. The van der Waals surface area contributed by atoms with Crippen LogP contribution in [0.3, 0.4) is 0 Å². The van der Waals surface area contributed by atoms with Crippen molar-refractivity contribution in [2.75, 3.05) is 40.8 Å². The largest absolute Gasteiger partial charge is 0.469 e. The molecular formula is C15H21FN2O3. The van der Waals surface area contributed by atoms with Crippen molar-refractivity contribution in [3.05, 3.63) is 35.6 Å². The van der Waals surface area contributed by atoms with E-state index in [1.54, 1.807) is 6.07 Å². The van der Waals surface area contributed by atoms with E-state index in [2.05, 4.69) is 4.74 Å². The molecule has 1 aromatic carbocycles. The molecule has 1 rings (SSSR count). The van der Waals surface area contributed by atoms with Gasteiger partial charge in [-0.3, -0.25) is 9.59 Å². The fourth-order valence-corrected chi connectivity index (χ4v) is 1.77. The minimum Gasteiger partial charge on any atom is -0.469 e. The highest BCUT2D eigenvalue weighted by Gasteiger charge is 2.17. The van der Waals surface area contributed by atoms with E-state index in [0.29, 0.717) is 13.1 Å². The van der Waals surface area contributed by atoms with Crippen molar-refractivity contribution in [2.45, 2.75) is 6.42 Å². The van der Waals surface area contributed by atoms with Crippen LogP contribution in [0.1, 0.15) is 16.8 Å². The number of carbonyl (C=O) groups excluding carboxylic acids is 2. The zero-order valence-corrected chi connectivity index (χ0v) is 12.6. The van der Waals surface area contributed by atoms with E-state index >= 15 is 0 Å². The molecule has 0 aromatic heterocycles. The molecule has 1 amide bonds. The molecule has 5 nitrogen and oxygen atoms in total. The molecule has 6 heteroatoms. The van der Waals surface area contributed by atoms with Gasteiger partial charge in [0, 0.05) is 25.2 Å². The maximum atomic E-state index is 13.2. The van der Waals surface area contributed by atoms with Crippen LogP contribution < -0.4 is 0 Å². The maximum absolute atomic E-state index is 13.2. The summed E-state index contributed by atoms with van der Waals surface area (Å²) in [5.74, 6) is -1.13. The van der Waals surface area contributed by atoms with Crippen LogP contribution in [0.5, 0.6) is 0 Å². The van der Waals surface area contributed by atoms with Crippen LogP contribution in [0, 0.1) is 5.82 Å². The van der Waals surface area contributed by atoms with Gasteiger partial charge in [0.15, 0.2) is 0 Å². The average molecular weight is 296 g/mol. The molecule has 0 atom stereocenters. The number of benzene rings is 1. The van der Waals surface area contributed by atoms with E-state index in [1.165, 1.54) is 30.2 Å². The van der Waals surface area contributed by atoms with Crippen molar-refractivity contribution < 1.29 is 18.7 Å². The fourth-order valence-electron chi connectivity index (χ4n) is 1.77. The van der Waals surface area contributed by atoms with Crippen LogP contribution in [-0.4, -0.2) is 62.5 Å². The monoisotopic (exact) mass is 296 g/mol. The van der Waals surface area contributed by atoms with Crippen molar-refractivity contribution in [1.29, 1.82) is 0 Å². The van der Waals surface area contributed by atoms with Crippen molar-refractivity contribution >= 4 is 11.9 Å². The Kier molecular flexibility index (Phi) is 6.81. The third kappa shape index (κ3) is 5.91. The number of amides is 1. The quantitative estimate of drug-likeness (QED) is 0.714. The number of likely N-dealkylation sites (N-methyl/N-ethyl adjacent to an activating group) is 1. The van der Waals surface area contributed by atoms with Gasteiger partial charge in [0.1, 0.15) is 5.82 Å². The van der Waals surface area contributed by atoms with Gasteiger partial charge < -0.3 is 14.5 Å². The fraction of sp³-hybridized carbons (Fsp3) is 0.467. The summed E-state index contributed by atoms with van der Waals surface area (Å²) in [4.78, 5) is 27.1. The van der Waals surface area contributed by atoms with Crippen LogP contribution >= 0.6 is 0 Å². The minimum absolute atomic E-state index is 0.116. The van der Waals surface area contributed by atoms with Gasteiger partial charge >= 0.3 is 5.97 Å². The molecule has 0 aliphatic heterocycles. The number of hydrogen-bond donors (Lipinski definition) is 0. The number of methoxy groups -OCH3 is 1. The van der Waals surface area contributed by atoms with E-state index in [4.69, 9.17) is 0 Å². The van der Waals surface area contributed by atoms with Crippen LogP contribution in [0.2, 0.25) is 0 Å². The van der Waals surface area contributed by atoms with Gasteiger partial charge in [-0.25, -0.2) is 4.39 Å². The summed E-state index contributed by atoms with van der Waals surface area (Å²) in [5.41, 5.74) is 0.277. The molecule has 0 heterocycles. The van der Waals surface area contributed by atoms with Gasteiger partial charge in [-0.05, 0) is 32.3 Å². The van der Waals surface area contributed by atoms with E-state index in [1.807, 2.05) is 19.0 Å². The van der Waals surface area contributed by atoms with Crippen LogP contribution in [-0.2, 0) is 9.53 Å². The number of rotatable bonds is 7. The molecule has 0 unspecified atom stereocenters. The smallest absolute Gasteiger partial charge is 0.307 e. The summed E-state index contributed by atoms with van der Waals surface area (Å²) in [6.07, 6.45) is 0.116. The molecule has 0 radical (unpaired) electrons. The Bertz CT molecular complexity index is 492. The lowest BCUT2D eigenvalue weighted by Gasteiger charge is -2.24. The number of hydrogen-bond acceptors (Lipinski definition) is 4. The summed E-state index contributed by atoms with van der Waals surface area (Å²) in [6.45, 7) is 1.36. The van der Waals surface area contributed by atoms with Crippen molar-refractivity contribution in [3.8, 4) is 0 Å². The average Bonchev–Trinajstić information content (AvgIpc) is 2.46. The molecule has 1 aromatic rings. The zero-order valence-electron chi connectivity index (χ0n) is 12.6. The lowest BCUT2D eigenvalue weighted by molar-refractivity contribution is -0.140. The Morgan fingerprint density at radius 3 is 2.48 bits per heavy atom. The molecule has 0 saturated carbocycles. The van der Waals surface area contributed by atoms with Crippen LogP contribution in [0.25, 0.3) is 0 Å². The third-order valence-corrected chi connectivity index (χ3v) is 2.99. The molecule has 116 valence electrons. The Labute approximate surface area is 124 Å². The van der Waals surface area contributed by atoms with Crippen molar-refractivity contribution in [1.82, 2.24) is 9.80 Å². The lowest BCUT2D eigenvalue weighted by Crippen LogP contribution is -2.38. The van der Waals surface area contributed by atoms with Gasteiger partial charge in [0.25, 0.3) is 5.91 Å². The molecular weight excluding hydrogens is 275 g/mol. The first-order chi connectivity index (χ1) is 9.93. The second-order valence-electron chi connectivity index (χ2n) is 4.93. The molecule has 0 saturated heterocycles. The van der Waals surface area contributed by atoms with Gasteiger partial charge in [0.2, 0.25) is 0 Å². The SMILES string of the molecule is COC(=O)CCN(CCN(C)C)C(=O)c1cccc(F)c1. The van der Waals surface area contributed by atoms with Crippen molar-refractivity contribution in [3.63, 3.8) is 0 Å². The van der Waals surface area contributed by atoms with E-state index in [-0.39, 0.29) is 30.4 Å². The second-order valence-corrected chi connectivity index (χ2v) is 4.93. The first-order valence-corrected chi connectivity index (χ1v) is 6.70. The highest BCUT2D eigenvalue weighted by Crippen LogP contribution is 2.08. The van der Waals surface area contributed by atoms with Gasteiger partial charge in [-0.2, -0.15) is 0 Å². The Balaban J connectivity index is 2.78. The summed E-state index contributed by atoms with van der Waals surface area (Å²) in [6, 6.07) is 5.54. The zero-order chi connectivity index (χ0) is 15.8. The molecule has 0 aliphatic carbocycles. The van der Waals surface area contributed by atoms with Gasteiger partial charge in [-0.15, -0.1) is 0 Å². The molecule has 0 bridgehead atoms. The minimum atomic E-state index is -0.457. The Hall–Kier alpha value is -1.95. The molecule has 0 N–H and O–H groups in total. The Morgan fingerprint density at radius 1 is 1.19 bits per heavy atom. The van der Waals surface area contributed by atoms with Crippen LogP contribution in [0.4, 0.5) is 4.39 Å². The van der Waals surface area contributed by atoms with Crippen LogP contribution in [0.15, 0.2) is 24.3 Å². The van der Waals surface area contributed by atoms with E-state index in [0.717, 1.165) is 0 Å². The van der Waals surface area contributed by atoms with E-state index in [9.17, 15) is 14.0 Å². The number of esters is 1. The highest BCUT2D eigenvalue weighted by molar-refractivity contribution is 5.94.